The fourth-order valence-corrected chi connectivity index (χ4v) is 6.11. The van der Waals surface area contributed by atoms with E-state index in [0.29, 0.717) is 31.6 Å². The molecule has 1 fully saturated rings. The third-order valence-electron chi connectivity index (χ3n) is 7.30. The molecule has 3 aromatic rings. The molecule has 1 saturated heterocycles. The lowest BCUT2D eigenvalue weighted by Gasteiger charge is -2.38. The van der Waals surface area contributed by atoms with Crippen LogP contribution >= 0.6 is 11.3 Å². The van der Waals surface area contributed by atoms with Crippen molar-refractivity contribution in [2.45, 2.75) is 52.1 Å². The Labute approximate surface area is 237 Å². The number of thiazole rings is 1. The molecule has 3 unspecified atom stereocenters. The van der Waals surface area contributed by atoms with Crippen LogP contribution in [0.2, 0.25) is 0 Å². The lowest BCUT2D eigenvalue weighted by Crippen LogP contribution is -2.58. The summed E-state index contributed by atoms with van der Waals surface area (Å²) in [5.41, 5.74) is 0.453. The second-order valence-corrected chi connectivity index (χ2v) is 12.0. The summed E-state index contributed by atoms with van der Waals surface area (Å²) in [6.45, 7) is 6.52. The van der Waals surface area contributed by atoms with Crippen LogP contribution in [0.15, 0.2) is 67.0 Å². The van der Waals surface area contributed by atoms with Gasteiger partial charge in [-0.2, -0.15) is 0 Å². The summed E-state index contributed by atoms with van der Waals surface area (Å²) in [7, 11) is 0. The maximum absolute atomic E-state index is 14.0. The molecule has 2 N–H and O–H groups in total. The van der Waals surface area contributed by atoms with Gasteiger partial charge in [0.05, 0.1) is 17.7 Å². The van der Waals surface area contributed by atoms with E-state index in [9.17, 15) is 14.4 Å². The zero-order valence-electron chi connectivity index (χ0n) is 23.0. The minimum Gasteiger partial charge on any atom is -0.449 e. The van der Waals surface area contributed by atoms with E-state index in [1.807, 2.05) is 86.0 Å². The van der Waals surface area contributed by atoms with Crippen molar-refractivity contribution in [3.63, 3.8) is 0 Å². The quantitative estimate of drug-likeness (QED) is 0.390. The van der Waals surface area contributed by atoms with E-state index in [-0.39, 0.29) is 24.3 Å². The topological polar surface area (TPSA) is 105 Å². The Morgan fingerprint density at radius 3 is 2.67 bits per heavy atom. The van der Waals surface area contributed by atoms with Gasteiger partial charge in [0.15, 0.2) is 10.8 Å². The van der Waals surface area contributed by atoms with Gasteiger partial charge >= 0.3 is 6.09 Å². The number of allylic oxidation sites excluding steroid dienone is 3. The fourth-order valence-electron chi connectivity index (χ4n) is 5.14. The SMILES string of the molecule is CC(C)COC(=O)NC(C(=O)N1CCCC1C(=O)Nc1cn2cc(-c3ccccc3)sc2n1)C1(C)C=CC=CC1. The average molecular weight is 562 g/mol. The summed E-state index contributed by atoms with van der Waals surface area (Å²) in [6.07, 6.45) is 12.7. The van der Waals surface area contributed by atoms with Crippen LogP contribution in [0.5, 0.6) is 0 Å². The van der Waals surface area contributed by atoms with Gasteiger partial charge in [-0.1, -0.05) is 86.7 Å². The van der Waals surface area contributed by atoms with Crippen molar-refractivity contribution in [1.29, 1.82) is 0 Å². The smallest absolute Gasteiger partial charge is 0.407 e. The molecule has 3 heterocycles. The van der Waals surface area contributed by atoms with Crippen molar-refractivity contribution in [2.75, 3.05) is 18.5 Å². The standard InChI is InChI=1S/C30H35N5O4S/c1-20(2)19-39-29(38)33-25(30(3)14-8-5-9-15-30)27(37)35-16-10-13-22(35)26(36)31-24-18-34-17-23(40-28(34)32-24)21-11-6-4-7-12-21/h4-9,11-12,14,17-18,20,22,25H,10,13,15-16,19H2,1-3H3,(H,31,36)(H,33,38). The first-order valence-corrected chi connectivity index (χ1v) is 14.5. The highest BCUT2D eigenvalue weighted by Crippen LogP contribution is 2.34. The molecular formula is C30H35N5O4S. The van der Waals surface area contributed by atoms with Gasteiger partial charge in [0.1, 0.15) is 12.1 Å². The van der Waals surface area contributed by atoms with Crippen molar-refractivity contribution >= 4 is 40.0 Å². The molecule has 10 heteroatoms. The predicted molar refractivity (Wildman–Crippen MR) is 156 cm³/mol. The number of ether oxygens (including phenoxy) is 1. The van der Waals surface area contributed by atoms with Gasteiger partial charge < -0.3 is 20.3 Å². The lowest BCUT2D eigenvalue weighted by molar-refractivity contribution is -0.140. The number of nitrogens with one attached hydrogen (secondary N) is 2. The van der Waals surface area contributed by atoms with Gasteiger partial charge in [-0.25, -0.2) is 9.78 Å². The minimum atomic E-state index is -0.879. The van der Waals surface area contributed by atoms with Gasteiger partial charge in [0.25, 0.3) is 0 Å². The number of carbonyl (C=O) groups is 3. The Balaban J connectivity index is 1.30. The summed E-state index contributed by atoms with van der Waals surface area (Å²) < 4.78 is 7.24. The largest absolute Gasteiger partial charge is 0.449 e. The zero-order chi connectivity index (χ0) is 28.3. The summed E-state index contributed by atoms with van der Waals surface area (Å²) in [4.78, 5) is 48.1. The second-order valence-electron chi connectivity index (χ2n) is 11.0. The minimum absolute atomic E-state index is 0.169. The molecule has 0 saturated carbocycles. The monoisotopic (exact) mass is 561 g/mol. The highest BCUT2D eigenvalue weighted by molar-refractivity contribution is 7.20. The van der Waals surface area contributed by atoms with E-state index in [1.54, 1.807) is 11.1 Å². The Morgan fingerprint density at radius 1 is 1.18 bits per heavy atom. The third-order valence-corrected chi connectivity index (χ3v) is 8.35. The van der Waals surface area contributed by atoms with Crippen LogP contribution in [0.4, 0.5) is 10.6 Å². The number of aromatic nitrogens is 2. The lowest BCUT2D eigenvalue weighted by atomic mass is 9.76. The summed E-state index contributed by atoms with van der Waals surface area (Å²) >= 11 is 1.54. The summed E-state index contributed by atoms with van der Waals surface area (Å²) in [6, 6.07) is 8.53. The molecule has 0 radical (unpaired) electrons. The van der Waals surface area contributed by atoms with E-state index in [1.165, 1.54) is 11.3 Å². The van der Waals surface area contributed by atoms with Crippen LogP contribution in [0, 0.1) is 11.3 Å². The molecule has 210 valence electrons. The summed E-state index contributed by atoms with van der Waals surface area (Å²) in [5, 5.41) is 5.73. The van der Waals surface area contributed by atoms with Crippen LogP contribution in [-0.2, 0) is 14.3 Å². The van der Waals surface area contributed by atoms with E-state index >= 15 is 0 Å². The molecule has 3 atom stereocenters. The first-order valence-electron chi connectivity index (χ1n) is 13.7. The Morgan fingerprint density at radius 2 is 1.98 bits per heavy atom. The number of nitrogens with zero attached hydrogens (tertiary/aromatic N) is 3. The third kappa shape index (κ3) is 5.96. The molecule has 3 amide bonds. The number of hydrogen-bond donors (Lipinski definition) is 2. The summed E-state index contributed by atoms with van der Waals surface area (Å²) in [5.74, 6) is 0.0300. The number of fused-ring (bicyclic) bond motifs is 1. The van der Waals surface area contributed by atoms with Gasteiger partial charge in [0, 0.05) is 18.2 Å². The molecule has 0 bridgehead atoms. The number of alkyl carbamates (subject to hydrolysis) is 1. The molecule has 0 spiro atoms. The number of rotatable bonds is 8. The van der Waals surface area contributed by atoms with E-state index in [0.717, 1.165) is 15.4 Å². The van der Waals surface area contributed by atoms with Crippen molar-refractivity contribution in [3.8, 4) is 10.4 Å². The number of amides is 3. The van der Waals surface area contributed by atoms with Gasteiger partial charge in [-0.15, -0.1) is 0 Å². The molecule has 40 heavy (non-hydrogen) atoms. The number of imidazole rings is 1. The van der Waals surface area contributed by atoms with Gasteiger partial charge in [0.2, 0.25) is 11.8 Å². The Hall–Kier alpha value is -3.92. The highest BCUT2D eigenvalue weighted by Gasteiger charge is 2.45. The number of carbonyl (C=O) groups excluding carboxylic acids is 3. The van der Waals surface area contributed by atoms with Gasteiger partial charge in [-0.05, 0) is 30.7 Å². The number of anilines is 1. The van der Waals surface area contributed by atoms with Crippen molar-refractivity contribution in [3.05, 3.63) is 67.0 Å². The predicted octanol–water partition coefficient (Wildman–Crippen LogP) is 5.27. The first-order chi connectivity index (χ1) is 19.2. The first kappa shape index (κ1) is 27.6. The van der Waals surface area contributed by atoms with E-state index < -0.39 is 23.6 Å². The van der Waals surface area contributed by atoms with E-state index in [4.69, 9.17) is 4.74 Å². The van der Waals surface area contributed by atoms with Crippen LogP contribution in [0.1, 0.15) is 40.0 Å². The maximum Gasteiger partial charge on any atom is 0.407 e. The Kier molecular flexibility index (Phi) is 8.07. The fraction of sp³-hybridized carbons (Fsp3) is 0.400. The van der Waals surface area contributed by atoms with Crippen LogP contribution < -0.4 is 10.6 Å². The van der Waals surface area contributed by atoms with Crippen LogP contribution in [0.25, 0.3) is 15.4 Å². The Bertz CT molecular complexity index is 1410. The molecule has 5 rings (SSSR count). The maximum atomic E-state index is 14.0. The number of hydrogen-bond acceptors (Lipinski definition) is 6. The average Bonchev–Trinajstić information content (AvgIpc) is 3.66. The number of benzene rings is 1. The molecule has 9 nitrogen and oxygen atoms in total. The molecule has 1 aliphatic heterocycles. The molecule has 2 aromatic heterocycles. The van der Waals surface area contributed by atoms with Crippen LogP contribution in [-0.4, -0.2) is 57.4 Å². The highest BCUT2D eigenvalue weighted by atomic mass is 32.1. The van der Waals surface area contributed by atoms with Crippen LogP contribution in [0.3, 0.4) is 0 Å². The van der Waals surface area contributed by atoms with Crippen molar-refractivity contribution < 1.29 is 19.1 Å². The normalized spacial score (nSPS) is 21.1. The second kappa shape index (κ2) is 11.7. The molecule has 1 aliphatic carbocycles. The number of likely N-dealkylation sites (tertiary alicyclic amines) is 1. The molecule has 1 aromatic carbocycles. The van der Waals surface area contributed by atoms with Crippen molar-refractivity contribution in [1.82, 2.24) is 19.6 Å². The molecular weight excluding hydrogens is 526 g/mol. The molecule has 2 aliphatic rings. The zero-order valence-corrected chi connectivity index (χ0v) is 23.8. The van der Waals surface area contributed by atoms with Gasteiger partial charge in [-0.3, -0.25) is 14.0 Å². The van der Waals surface area contributed by atoms with Crippen molar-refractivity contribution in [2.24, 2.45) is 11.3 Å². The van der Waals surface area contributed by atoms with E-state index in [2.05, 4.69) is 15.6 Å².